The Morgan fingerprint density at radius 1 is 1.11 bits per heavy atom. The minimum Gasteiger partial charge on any atom is -0.475 e. The lowest BCUT2D eigenvalue weighted by molar-refractivity contribution is -0.0527. The van der Waals surface area contributed by atoms with E-state index in [0.29, 0.717) is 52.9 Å². The Morgan fingerprint density at radius 2 is 1.89 bits per heavy atom. The van der Waals surface area contributed by atoms with Crippen LogP contribution in [0.5, 0.6) is 11.8 Å². The van der Waals surface area contributed by atoms with Crippen LogP contribution < -0.4 is 14.8 Å². The number of aromatic nitrogens is 6. The molecule has 5 heterocycles. The third-order valence-electron chi connectivity index (χ3n) is 7.08. The molecule has 1 N–H and O–H groups in total. The first-order chi connectivity index (χ1) is 21.0. The standard InChI is InChI=1S/C31H33F2N7O4/c1-18-23(28-40(36-18)15-20(17-42-28)34-30(41)44-31(2,3)4)25-24(22-16-38(5)37-27(22)43-29(32)33)21-12-9-13-39(26(21)35-25)14-19-10-7-6-8-11-19/h6-13,16,20,29H,14-15,17H2,1-5H3,(H,34,41)/t20-/m0/s1. The number of halogens is 2. The summed E-state index contributed by atoms with van der Waals surface area (Å²) in [5, 5.41) is 11.7. The average molecular weight is 606 g/mol. The Morgan fingerprint density at radius 3 is 2.61 bits per heavy atom. The second-order valence-corrected chi connectivity index (χ2v) is 11.7. The van der Waals surface area contributed by atoms with Gasteiger partial charge in [-0.05, 0) is 45.4 Å². The fourth-order valence-corrected chi connectivity index (χ4v) is 5.43. The average Bonchev–Trinajstić information content (AvgIpc) is 3.59. The van der Waals surface area contributed by atoms with E-state index in [-0.39, 0.29) is 18.5 Å². The zero-order valence-electron chi connectivity index (χ0n) is 25.0. The van der Waals surface area contributed by atoms with Crippen molar-refractivity contribution in [2.24, 2.45) is 7.05 Å². The molecule has 1 amide bonds. The van der Waals surface area contributed by atoms with Crippen LogP contribution in [0, 0.1) is 6.92 Å². The molecule has 3 aliphatic rings. The molecule has 0 aliphatic carbocycles. The number of pyridine rings is 1. The maximum atomic E-state index is 13.5. The van der Waals surface area contributed by atoms with Gasteiger partial charge in [0.1, 0.15) is 18.0 Å². The minimum absolute atomic E-state index is 0.174. The van der Waals surface area contributed by atoms with Crippen molar-refractivity contribution >= 4 is 6.09 Å². The first-order valence-corrected chi connectivity index (χ1v) is 14.2. The van der Waals surface area contributed by atoms with Crippen molar-refractivity contribution in [1.82, 2.24) is 34.4 Å². The number of hydrogen-bond donors (Lipinski definition) is 1. The molecule has 13 heteroatoms. The normalized spacial score (nSPS) is 14.9. The Bertz CT molecular complexity index is 1770. The Hall–Kier alpha value is -4.94. The molecule has 1 atom stereocenters. The van der Waals surface area contributed by atoms with E-state index in [9.17, 15) is 13.6 Å². The first-order valence-electron chi connectivity index (χ1n) is 14.2. The molecule has 0 bridgehead atoms. The fourth-order valence-electron chi connectivity index (χ4n) is 5.43. The molecule has 3 aliphatic heterocycles. The van der Waals surface area contributed by atoms with Crippen LogP contribution in [0.2, 0.25) is 0 Å². The predicted octanol–water partition coefficient (Wildman–Crippen LogP) is 5.50. The quantitative estimate of drug-likeness (QED) is 0.261. The van der Waals surface area contributed by atoms with Gasteiger partial charge in [0.25, 0.3) is 0 Å². The molecule has 2 aromatic heterocycles. The van der Waals surface area contributed by atoms with Crippen molar-refractivity contribution < 1.29 is 27.8 Å². The van der Waals surface area contributed by atoms with E-state index in [2.05, 4.69) is 10.4 Å². The minimum atomic E-state index is -3.06. The molecule has 3 aromatic rings. The van der Waals surface area contributed by atoms with Crippen molar-refractivity contribution in [2.75, 3.05) is 6.61 Å². The highest BCUT2D eigenvalue weighted by atomic mass is 19.3. The first kappa shape index (κ1) is 29.1. The van der Waals surface area contributed by atoms with Crippen molar-refractivity contribution in [3.05, 3.63) is 66.1 Å². The summed E-state index contributed by atoms with van der Waals surface area (Å²) >= 11 is 0. The van der Waals surface area contributed by atoms with Gasteiger partial charge in [-0.3, -0.25) is 4.68 Å². The molecular weight excluding hydrogens is 572 g/mol. The number of alkyl carbamates (subject to hydrolysis) is 1. The van der Waals surface area contributed by atoms with Crippen LogP contribution in [0.25, 0.3) is 33.8 Å². The zero-order valence-corrected chi connectivity index (χ0v) is 25.0. The summed E-state index contributed by atoms with van der Waals surface area (Å²) < 4.78 is 48.6. The molecule has 1 aromatic carbocycles. The number of amides is 1. The summed E-state index contributed by atoms with van der Waals surface area (Å²) in [5.41, 5.74) is 3.83. The largest absolute Gasteiger partial charge is 0.475 e. The number of benzene rings is 1. The highest BCUT2D eigenvalue weighted by Crippen LogP contribution is 2.48. The molecule has 44 heavy (non-hydrogen) atoms. The van der Waals surface area contributed by atoms with E-state index in [4.69, 9.17) is 24.3 Å². The lowest BCUT2D eigenvalue weighted by Gasteiger charge is -2.27. The number of nitrogens with one attached hydrogen (secondary N) is 1. The molecule has 0 saturated carbocycles. The molecule has 11 nitrogen and oxygen atoms in total. The van der Waals surface area contributed by atoms with Gasteiger partial charge in [0.15, 0.2) is 0 Å². The summed E-state index contributed by atoms with van der Waals surface area (Å²) in [6, 6.07) is 13.4. The number of fused-ring (bicyclic) bond motifs is 2. The molecule has 0 fully saturated rings. The van der Waals surface area contributed by atoms with E-state index in [1.54, 1.807) is 38.7 Å². The van der Waals surface area contributed by atoms with Gasteiger partial charge >= 0.3 is 12.7 Å². The van der Waals surface area contributed by atoms with Crippen LogP contribution in [0.4, 0.5) is 13.6 Å². The molecule has 0 saturated heterocycles. The summed E-state index contributed by atoms with van der Waals surface area (Å²) in [4.78, 5) is 17.5. The van der Waals surface area contributed by atoms with Gasteiger partial charge in [0.2, 0.25) is 11.8 Å². The lowest BCUT2D eigenvalue weighted by atomic mass is 9.99. The lowest BCUT2D eigenvalue weighted by Crippen LogP contribution is -2.46. The molecule has 0 spiro atoms. The van der Waals surface area contributed by atoms with Gasteiger partial charge in [-0.1, -0.05) is 30.3 Å². The highest BCUT2D eigenvalue weighted by Gasteiger charge is 2.34. The molecule has 0 radical (unpaired) electrons. The van der Waals surface area contributed by atoms with E-state index < -0.39 is 18.3 Å². The fraction of sp³-hybridized carbons (Fsp3) is 0.355. The topological polar surface area (TPSA) is 110 Å². The van der Waals surface area contributed by atoms with Crippen LogP contribution >= 0.6 is 0 Å². The highest BCUT2D eigenvalue weighted by molar-refractivity contribution is 5.97. The van der Waals surface area contributed by atoms with Crippen molar-refractivity contribution in [2.45, 2.75) is 59.0 Å². The SMILES string of the molecule is Cc1nn2c(c1-c1nc3n(Cc4ccccc4)cccc-3c1-c1cn(C)nc1OC(F)F)OC[C@@H](NC(=O)OC(C)(C)C)C2. The number of ether oxygens (including phenoxy) is 3. The predicted molar refractivity (Wildman–Crippen MR) is 158 cm³/mol. The molecule has 6 rings (SSSR count). The molecule has 0 unspecified atom stereocenters. The third kappa shape index (κ3) is 5.81. The van der Waals surface area contributed by atoms with Gasteiger partial charge < -0.3 is 24.1 Å². The van der Waals surface area contributed by atoms with Gasteiger partial charge in [-0.25, -0.2) is 14.5 Å². The number of carbonyl (C=O) groups excluding carboxylic acids is 1. The number of carbonyl (C=O) groups is 1. The number of aryl methyl sites for hydroxylation is 2. The van der Waals surface area contributed by atoms with Crippen LogP contribution in [-0.2, 0) is 24.9 Å². The van der Waals surface area contributed by atoms with Gasteiger partial charge in [-0.15, -0.1) is 5.10 Å². The number of alkyl halides is 2. The maximum Gasteiger partial charge on any atom is 0.408 e. The molecule has 230 valence electrons. The second-order valence-electron chi connectivity index (χ2n) is 11.7. The number of rotatable bonds is 7. The van der Waals surface area contributed by atoms with E-state index >= 15 is 0 Å². The van der Waals surface area contributed by atoms with Gasteiger partial charge in [0, 0.05) is 37.1 Å². The van der Waals surface area contributed by atoms with Crippen molar-refractivity contribution in [3.8, 4) is 45.5 Å². The number of nitrogens with zero attached hydrogens (tertiary/aromatic N) is 6. The Kier molecular flexibility index (Phi) is 7.48. The summed E-state index contributed by atoms with van der Waals surface area (Å²) in [5.74, 6) is 0.897. The van der Waals surface area contributed by atoms with Crippen LogP contribution in [0.3, 0.4) is 0 Å². The summed E-state index contributed by atoms with van der Waals surface area (Å²) in [6.07, 6.45) is 3.02. The summed E-state index contributed by atoms with van der Waals surface area (Å²) in [6.45, 7) is 5.21. The van der Waals surface area contributed by atoms with Crippen molar-refractivity contribution in [1.29, 1.82) is 0 Å². The molecular formula is C31H33F2N7O4. The Labute approximate surface area is 252 Å². The Balaban J connectivity index is 1.46. The second kappa shape index (κ2) is 11.3. The number of hydrogen-bond acceptors (Lipinski definition) is 7. The van der Waals surface area contributed by atoms with Crippen LogP contribution in [-0.4, -0.2) is 60.1 Å². The van der Waals surface area contributed by atoms with Gasteiger partial charge in [-0.2, -0.15) is 13.9 Å². The zero-order chi connectivity index (χ0) is 31.2. The smallest absolute Gasteiger partial charge is 0.408 e. The van der Waals surface area contributed by atoms with E-state index in [0.717, 1.165) is 11.1 Å². The van der Waals surface area contributed by atoms with Crippen LogP contribution in [0.1, 0.15) is 32.0 Å². The van der Waals surface area contributed by atoms with E-state index in [1.807, 2.05) is 60.2 Å². The van der Waals surface area contributed by atoms with Crippen molar-refractivity contribution in [3.63, 3.8) is 0 Å². The summed E-state index contributed by atoms with van der Waals surface area (Å²) in [7, 11) is 1.64. The maximum absolute atomic E-state index is 13.5. The van der Waals surface area contributed by atoms with Gasteiger partial charge in [0.05, 0.1) is 35.1 Å². The van der Waals surface area contributed by atoms with E-state index in [1.165, 1.54) is 4.68 Å². The third-order valence-corrected chi connectivity index (χ3v) is 7.08. The monoisotopic (exact) mass is 605 g/mol. The van der Waals surface area contributed by atoms with Crippen LogP contribution in [0.15, 0.2) is 54.9 Å².